The number of hydrogen-bond donors (Lipinski definition) is 2. The van der Waals surface area contributed by atoms with Gasteiger partial charge in [0.05, 0.1) is 12.7 Å². The van der Waals surface area contributed by atoms with Crippen molar-refractivity contribution in [1.29, 1.82) is 0 Å². The fourth-order valence-electron chi connectivity index (χ4n) is 0.831. The van der Waals surface area contributed by atoms with Crippen LogP contribution in [0.1, 0.15) is 10.4 Å². The maximum absolute atomic E-state index is 11.0. The standard InChI is InChI=1S/C8H9NO2S/c1-11-8(10)6-3-2-5(9)4-7(6)12/h2-4,12H,9H2,1H3. The van der Waals surface area contributed by atoms with Crippen LogP contribution in [0, 0.1) is 0 Å². The molecule has 0 saturated carbocycles. The van der Waals surface area contributed by atoms with Crippen LogP contribution in [0.25, 0.3) is 0 Å². The SMILES string of the molecule is COC(=O)c1ccc(N)cc1S. The molecule has 0 heterocycles. The minimum Gasteiger partial charge on any atom is -0.465 e. The Morgan fingerprint density at radius 3 is 2.75 bits per heavy atom. The lowest BCUT2D eigenvalue weighted by molar-refractivity contribution is 0.0597. The van der Waals surface area contributed by atoms with E-state index in [-0.39, 0.29) is 0 Å². The van der Waals surface area contributed by atoms with Gasteiger partial charge in [-0.3, -0.25) is 0 Å². The highest BCUT2D eigenvalue weighted by atomic mass is 32.1. The van der Waals surface area contributed by atoms with Crippen molar-refractivity contribution in [3.63, 3.8) is 0 Å². The molecule has 0 aliphatic carbocycles. The lowest BCUT2D eigenvalue weighted by atomic mass is 10.2. The van der Waals surface area contributed by atoms with E-state index in [1.807, 2.05) is 0 Å². The van der Waals surface area contributed by atoms with E-state index in [4.69, 9.17) is 5.73 Å². The number of rotatable bonds is 1. The van der Waals surface area contributed by atoms with Gasteiger partial charge in [-0.25, -0.2) is 4.79 Å². The number of hydrogen-bond acceptors (Lipinski definition) is 4. The Balaban J connectivity index is 3.09. The van der Waals surface area contributed by atoms with E-state index < -0.39 is 5.97 Å². The summed E-state index contributed by atoms with van der Waals surface area (Å²) in [5, 5.41) is 0. The predicted octanol–water partition coefficient (Wildman–Crippen LogP) is 1.34. The van der Waals surface area contributed by atoms with Crippen molar-refractivity contribution in [3.05, 3.63) is 23.8 Å². The largest absolute Gasteiger partial charge is 0.465 e. The molecule has 1 rings (SSSR count). The summed E-state index contributed by atoms with van der Waals surface area (Å²) in [6.45, 7) is 0. The van der Waals surface area contributed by atoms with Gasteiger partial charge in [0.1, 0.15) is 0 Å². The minimum absolute atomic E-state index is 0.403. The summed E-state index contributed by atoms with van der Waals surface area (Å²) < 4.78 is 4.53. The van der Waals surface area contributed by atoms with Crippen LogP contribution in [0.15, 0.2) is 23.1 Å². The second kappa shape index (κ2) is 3.49. The van der Waals surface area contributed by atoms with Gasteiger partial charge in [-0.05, 0) is 18.2 Å². The maximum atomic E-state index is 11.0. The predicted molar refractivity (Wildman–Crippen MR) is 49.4 cm³/mol. The smallest absolute Gasteiger partial charge is 0.338 e. The number of nitrogens with two attached hydrogens (primary N) is 1. The summed E-state index contributed by atoms with van der Waals surface area (Å²) in [6, 6.07) is 4.82. The normalized spacial score (nSPS) is 9.50. The summed E-state index contributed by atoms with van der Waals surface area (Å²) in [7, 11) is 1.33. The molecule has 12 heavy (non-hydrogen) atoms. The van der Waals surface area contributed by atoms with Crippen LogP contribution in [0.3, 0.4) is 0 Å². The molecule has 1 aromatic rings. The number of carbonyl (C=O) groups is 1. The molecule has 3 nitrogen and oxygen atoms in total. The first-order valence-electron chi connectivity index (χ1n) is 3.32. The lowest BCUT2D eigenvalue weighted by Crippen LogP contribution is -2.02. The van der Waals surface area contributed by atoms with Crippen molar-refractivity contribution in [2.45, 2.75) is 4.90 Å². The zero-order valence-electron chi connectivity index (χ0n) is 6.57. The molecule has 0 radical (unpaired) electrons. The highest BCUT2D eigenvalue weighted by molar-refractivity contribution is 7.80. The maximum Gasteiger partial charge on any atom is 0.338 e. The molecule has 0 amide bonds. The second-order valence-corrected chi connectivity index (χ2v) is 2.75. The first-order valence-corrected chi connectivity index (χ1v) is 3.76. The molecule has 4 heteroatoms. The average molecular weight is 183 g/mol. The number of carbonyl (C=O) groups excluding carboxylic acids is 1. The molecule has 0 unspecified atom stereocenters. The Bertz CT molecular complexity index is 312. The van der Waals surface area contributed by atoms with Gasteiger partial charge >= 0.3 is 5.97 Å². The Labute approximate surface area is 75.9 Å². The highest BCUT2D eigenvalue weighted by Crippen LogP contribution is 2.17. The van der Waals surface area contributed by atoms with E-state index in [0.717, 1.165) is 0 Å². The topological polar surface area (TPSA) is 52.3 Å². The zero-order valence-corrected chi connectivity index (χ0v) is 7.47. The van der Waals surface area contributed by atoms with Gasteiger partial charge in [-0.15, -0.1) is 12.6 Å². The molecule has 0 spiro atoms. The first kappa shape index (κ1) is 8.93. The monoisotopic (exact) mass is 183 g/mol. The number of esters is 1. The van der Waals surface area contributed by atoms with E-state index in [9.17, 15) is 4.79 Å². The van der Waals surface area contributed by atoms with Gasteiger partial charge < -0.3 is 10.5 Å². The first-order chi connectivity index (χ1) is 5.65. The molecule has 0 saturated heterocycles. The van der Waals surface area contributed by atoms with E-state index in [2.05, 4.69) is 17.4 Å². The number of anilines is 1. The van der Waals surface area contributed by atoms with Crippen LogP contribution in [-0.4, -0.2) is 13.1 Å². The lowest BCUT2D eigenvalue weighted by Gasteiger charge is -2.02. The molecule has 0 bridgehead atoms. The van der Waals surface area contributed by atoms with Crippen LogP contribution >= 0.6 is 12.6 Å². The van der Waals surface area contributed by atoms with Crippen molar-refractivity contribution in [1.82, 2.24) is 0 Å². The second-order valence-electron chi connectivity index (χ2n) is 2.27. The molecular weight excluding hydrogens is 174 g/mol. The highest BCUT2D eigenvalue weighted by Gasteiger charge is 2.08. The summed E-state index contributed by atoms with van der Waals surface area (Å²) in [4.78, 5) is 11.6. The van der Waals surface area contributed by atoms with Crippen LogP contribution in [0.2, 0.25) is 0 Å². The number of thiol groups is 1. The van der Waals surface area contributed by atoms with Crippen molar-refractivity contribution in [2.24, 2.45) is 0 Å². The van der Waals surface area contributed by atoms with Crippen LogP contribution in [0.5, 0.6) is 0 Å². The van der Waals surface area contributed by atoms with E-state index in [1.54, 1.807) is 18.2 Å². The molecule has 0 aliphatic rings. The number of nitrogen functional groups attached to an aromatic ring is 1. The molecule has 0 atom stereocenters. The Morgan fingerprint density at radius 2 is 2.25 bits per heavy atom. The van der Waals surface area contributed by atoms with E-state index in [0.29, 0.717) is 16.1 Å². The number of benzene rings is 1. The van der Waals surface area contributed by atoms with Gasteiger partial charge in [0.25, 0.3) is 0 Å². The van der Waals surface area contributed by atoms with E-state index in [1.165, 1.54) is 7.11 Å². The van der Waals surface area contributed by atoms with Crippen molar-refractivity contribution in [2.75, 3.05) is 12.8 Å². The fourth-order valence-corrected chi connectivity index (χ4v) is 1.15. The van der Waals surface area contributed by atoms with Crippen LogP contribution < -0.4 is 5.73 Å². The Morgan fingerprint density at radius 1 is 1.58 bits per heavy atom. The summed E-state index contributed by atoms with van der Waals surface area (Å²) in [6.07, 6.45) is 0. The van der Waals surface area contributed by atoms with Gasteiger partial charge in [-0.1, -0.05) is 0 Å². The zero-order chi connectivity index (χ0) is 9.14. The summed E-state index contributed by atoms with van der Waals surface area (Å²) >= 11 is 4.08. The Hall–Kier alpha value is -1.16. The van der Waals surface area contributed by atoms with Gasteiger partial charge in [-0.2, -0.15) is 0 Å². The third-order valence-corrected chi connectivity index (χ3v) is 1.80. The van der Waals surface area contributed by atoms with Crippen molar-refractivity contribution >= 4 is 24.3 Å². The van der Waals surface area contributed by atoms with E-state index >= 15 is 0 Å². The van der Waals surface area contributed by atoms with Gasteiger partial charge in [0.2, 0.25) is 0 Å². The van der Waals surface area contributed by atoms with Gasteiger partial charge in [0.15, 0.2) is 0 Å². The minimum atomic E-state index is -0.403. The molecule has 1 aromatic carbocycles. The number of methoxy groups -OCH3 is 1. The van der Waals surface area contributed by atoms with Gasteiger partial charge in [0, 0.05) is 10.6 Å². The van der Waals surface area contributed by atoms with Crippen LogP contribution in [-0.2, 0) is 4.74 Å². The summed E-state index contributed by atoms with van der Waals surface area (Å²) in [5.74, 6) is -0.403. The fraction of sp³-hybridized carbons (Fsp3) is 0.125. The molecule has 0 fully saturated rings. The molecule has 2 N–H and O–H groups in total. The molecular formula is C8H9NO2S. The Kier molecular flexibility index (Phi) is 2.60. The quantitative estimate of drug-likeness (QED) is 0.392. The average Bonchev–Trinajstić information content (AvgIpc) is 2.03. The van der Waals surface area contributed by atoms with Crippen molar-refractivity contribution < 1.29 is 9.53 Å². The third kappa shape index (κ3) is 1.71. The number of ether oxygens (including phenoxy) is 1. The summed E-state index contributed by atoms with van der Waals surface area (Å²) in [5.41, 5.74) is 6.47. The van der Waals surface area contributed by atoms with Crippen LogP contribution in [0.4, 0.5) is 5.69 Å². The van der Waals surface area contributed by atoms with Crippen molar-refractivity contribution in [3.8, 4) is 0 Å². The molecule has 64 valence electrons. The molecule has 0 aliphatic heterocycles. The molecule has 0 aromatic heterocycles. The third-order valence-electron chi connectivity index (χ3n) is 1.43.